The van der Waals surface area contributed by atoms with Crippen LogP contribution < -0.4 is 0 Å². The molecule has 1 aliphatic carbocycles. The molecule has 3 heteroatoms. The van der Waals surface area contributed by atoms with Crippen LogP contribution in [-0.2, 0) is 6.42 Å². The summed E-state index contributed by atoms with van der Waals surface area (Å²) in [5.74, 6) is 0. The summed E-state index contributed by atoms with van der Waals surface area (Å²) in [7, 11) is 0. The van der Waals surface area contributed by atoms with Crippen LogP contribution in [0.4, 0.5) is 0 Å². The van der Waals surface area contributed by atoms with Gasteiger partial charge in [-0.15, -0.1) is 11.8 Å². The van der Waals surface area contributed by atoms with E-state index in [-0.39, 0.29) is 11.4 Å². The van der Waals surface area contributed by atoms with Crippen molar-refractivity contribution in [1.29, 1.82) is 0 Å². The molecule has 2 aromatic rings. The molecule has 0 bridgehead atoms. The number of aliphatic hydroxyl groups is 1. The second-order valence-corrected chi connectivity index (χ2v) is 6.21. The molecule has 1 N–H and O–H groups in total. The van der Waals surface area contributed by atoms with Crippen molar-refractivity contribution in [2.75, 3.05) is 0 Å². The first-order chi connectivity index (χ1) is 8.74. The number of fused-ring (bicyclic) bond motifs is 1. The lowest BCUT2D eigenvalue weighted by Gasteiger charge is -2.14. The van der Waals surface area contributed by atoms with Gasteiger partial charge >= 0.3 is 0 Å². The molecular weight excluding hydrogens is 264 g/mol. The second kappa shape index (κ2) is 4.96. The fourth-order valence-corrected chi connectivity index (χ4v) is 3.64. The summed E-state index contributed by atoms with van der Waals surface area (Å²) in [4.78, 5) is 1.15. The molecule has 0 aliphatic heterocycles. The Morgan fingerprint density at radius 2 is 1.78 bits per heavy atom. The number of benzene rings is 2. The van der Waals surface area contributed by atoms with E-state index in [4.69, 9.17) is 11.6 Å². The summed E-state index contributed by atoms with van der Waals surface area (Å²) in [5, 5.41) is 11.3. The smallest absolute Gasteiger partial charge is 0.0917 e. The van der Waals surface area contributed by atoms with Crippen molar-refractivity contribution in [3.63, 3.8) is 0 Å². The highest BCUT2D eigenvalue weighted by molar-refractivity contribution is 8.00. The van der Waals surface area contributed by atoms with Gasteiger partial charge in [0.15, 0.2) is 0 Å². The first kappa shape index (κ1) is 12.1. The van der Waals surface area contributed by atoms with Crippen LogP contribution in [-0.4, -0.2) is 10.4 Å². The fraction of sp³-hybridized carbons (Fsp3) is 0.200. The van der Waals surface area contributed by atoms with Gasteiger partial charge in [-0.25, -0.2) is 0 Å². The molecular formula is C15H13ClOS. The molecule has 0 amide bonds. The van der Waals surface area contributed by atoms with E-state index in [1.807, 2.05) is 42.5 Å². The Labute approximate surface area is 116 Å². The summed E-state index contributed by atoms with van der Waals surface area (Å²) in [6, 6.07) is 15.9. The number of hydrogen-bond donors (Lipinski definition) is 1. The standard InChI is InChI=1S/C15H13ClOS/c16-11-5-7-12(8-6-11)18-14-9-10-3-1-2-4-13(10)15(14)17/h1-8,14-15,17H,9H2/t14-,15-/m0/s1. The van der Waals surface area contributed by atoms with Crippen molar-refractivity contribution in [2.24, 2.45) is 0 Å². The van der Waals surface area contributed by atoms with Crippen molar-refractivity contribution in [3.05, 3.63) is 64.7 Å². The van der Waals surface area contributed by atoms with Gasteiger partial charge in [0.05, 0.1) is 6.10 Å². The van der Waals surface area contributed by atoms with Crippen LogP contribution in [0.25, 0.3) is 0 Å². The fourth-order valence-electron chi connectivity index (χ4n) is 2.33. The molecule has 92 valence electrons. The lowest BCUT2D eigenvalue weighted by molar-refractivity contribution is 0.185. The highest BCUT2D eigenvalue weighted by atomic mass is 35.5. The zero-order valence-electron chi connectivity index (χ0n) is 9.71. The van der Waals surface area contributed by atoms with E-state index in [9.17, 15) is 5.11 Å². The van der Waals surface area contributed by atoms with E-state index in [1.165, 1.54) is 5.56 Å². The first-order valence-corrected chi connectivity index (χ1v) is 7.18. The maximum absolute atomic E-state index is 10.3. The average molecular weight is 277 g/mol. The number of thioether (sulfide) groups is 1. The van der Waals surface area contributed by atoms with Crippen LogP contribution in [0.1, 0.15) is 17.2 Å². The Balaban J connectivity index is 1.78. The monoisotopic (exact) mass is 276 g/mol. The minimum Gasteiger partial charge on any atom is -0.387 e. The summed E-state index contributed by atoms with van der Waals surface area (Å²) < 4.78 is 0. The summed E-state index contributed by atoms with van der Waals surface area (Å²) in [6.45, 7) is 0. The lowest BCUT2D eigenvalue weighted by atomic mass is 10.1. The molecule has 0 heterocycles. The van der Waals surface area contributed by atoms with E-state index in [0.29, 0.717) is 0 Å². The Morgan fingerprint density at radius 3 is 2.50 bits per heavy atom. The molecule has 1 aliphatic rings. The van der Waals surface area contributed by atoms with Crippen molar-refractivity contribution in [2.45, 2.75) is 22.7 Å². The van der Waals surface area contributed by atoms with Crippen molar-refractivity contribution in [3.8, 4) is 0 Å². The summed E-state index contributed by atoms with van der Waals surface area (Å²) in [5.41, 5.74) is 2.33. The van der Waals surface area contributed by atoms with Crippen LogP contribution in [0.3, 0.4) is 0 Å². The quantitative estimate of drug-likeness (QED) is 0.891. The Kier molecular flexibility index (Phi) is 3.33. The summed E-state index contributed by atoms with van der Waals surface area (Å²) in [6.07, 6.45) is 0.548. The van der Waals surface area contributed by atoms with Gasteiger partial charge in [0.2, 0.25) is 0 Å². The third-order valence-electron chi connectivity index (χ3n) is 3.25. The van der Waals surface area contributed by atoms with Gasteiger partial charge in [0.25, 0.3) is 0 Å². The average Bonchev–Trinajstić information content (AvgIpc) is 2.70. The maximum atomic E-state index is 10.3. The molecule has 1 nitrogen and oxygen atoms in total. The highest BCUT2D eigenvalue weighted by Gasteiger charge is 2.31. The molecule has 2 atom stereocenters. The van der Waals surface area contributed by atoms with Gasteiger partial charge in [0.1, 0.15) is 0 Å². The number of hydrogen-bond acceptors (Lipinski definition) is 2. The van der Waals surface area contributed by atoms with Crippen molar-refractivity contribution >= 4 is 23.4 Å². The minimum absolute atomic E-state index is 0.198. The Morgan fingerprint density at radius 1 is 1.06 bits per heavy atom. The van der Waals surface area contributed by atoms with Crippen LogP contribution in [0.2, 0.25) is 5.02 Å². The van der Waals surface area contributed by atoms with Gasteiger partial charge in [-0.3, -0.25) is 0 Å². The van der Waals surface area contributed by atoms with Gasteiger partial charge in [-0.2, -0.15) is 0 Å². The molecule has 0 fully saturated rings. The van der Waals surface area contributed by atoms with Gasteiger partial charge in [-0.1, -0.05) is 35.9 Å². The maximum Gasteiger partial charge on any atom is 0.0917 e. The predicted molar refractivity (Wildman–Crippen MR) is 76.2 cm³/mol. The van der Waals surface area contributed by atoms with Gasteiger partial charge < -0.3 is 5.11 Å². The van der Waals surface area contributed by atoms with E-state index in [2.05, 4.69) is 6.07 Å². The number of rotatable bonds is 2. The zero-order chi connectivity index (χ0) is 12.5. The van der Waals surface area contributed by atoms with Gasteiger partial charge in [-0.05, 0) is 41.8 Å². The van der Waals surface area contributed by atoms with Crippen LogP contribution >= 0.6 is 23.4 Å². The molecule has 0 unspecified atom stereocenters. The minimum atomic E-state index is -0.373. The third kappa shape index (κ3) is 2.28. The van der Waals surface area contributed by atoms with E-state index < -0.39 is 0 Å². The van der Waals surface area contributed by atoms with E-state index >= 15 is 0 Å². The van der Waals surface area contributed by atoms with Gasteiger partial charge in [0, 0.05) is 15.2 Å². The zero-order valence-corrected chi connectivity index (χ0v) is 11.3. The molecule has 18 heavy (non-hydrogen) atoms. The molecule has 0 saturated carbocycles. The molecule has 3 rings (SSSR count). The van der Waals surface area contributed by atoms with Crippen LogP contribution in [0.15, 0.2) is 53.4 Å². The van der Waals surface area contributed by atoms with Crippen LogP contribution in [0.5, 0.6) is 0 Å². The SMILES string of the molecule is O[C@H]1c2ccccc2C[C@@H]1Sc1ccc(Cl)cc1. The van der Waals surface area contributed by atoms with E-state index in [1.54, 1.807) is 11.8 Å². The second-order valence-electron chi connectivity index (χ2n) is 4.46. The normalized spacial score (nSPS) is 21.9. The largest absolute Gasteiger partial charge is 0.387 e. The van der Waals surface area contributed by atoms with E-state index in [0.717, 1.165) is 21.9 Å². The molecule has 0 saturated heterocycles. The Bertz CT molecular complexity index is 553. The topological polar surface area (TPSA) is 20.2 Å². The van der Waals surface area contributed by atoms with Crippen molar-refractivity contribution in [1.82, 2.24) is 0 Å². The highest BCUT2D eigenvalue weighted by Crippen LogP contribution is 2.41. The predicted octanol–water partition coefficient (Wildman–Crippen LogP) is 4.09. The third-order valence-corrected chi connectivity index (χ3v) is 4.77. The molecule has 0 aromatic heterocycles. The molecule has 2 aromatic carbocycles. The van der Waals surface area contributed by atoms with Crippen LogP contribution in [0, 0.1) is 0 Å². The number of aliphatic hydroxyl groups excluding tert-OH is 1. The Hall–Kier alpha value is -0.960. The lowest BCUT2D eigenvalue weighted by Crippen LogP contribution is -2.08. The molecule has 0 spiro atoms. The first-order valence-electron chi connectivity index (χ1n) is 5.92. The number of halogens is 1. The van der Waals surface area contributed by atoms with Crippen molar-refractivity contribution < 1.29 is 5.11 Å². The summed E-state index contributed by atoms with van der Waals surface area (Å²) >= 11 is 7.59. The molecule has 0 radical (unpaired) electrons.